The monoisotopic (exact) mass is 174 g/mol. The van der Waals surface area contributed by atoms with Gasteiger partial charge in [0, 0.05) is 0 Å². The molecule has 0 aromatic carbocycles. The van der Waals surface area contributed by atoms with Gasteiger partial charge in [-0.2, -0.15) is 0 Å². The van der Waals surface area contributed by atoms with E-state index in [1.54, 1.807) is 0 Å². The van der Waals surface area contributed by atoms with Crippen molar-refractivity contribution in [2.45, 2.75) is 33.2 Å². The van der Waals surface area contributed by atoms with Crippen LogP contribution < -0.4 is 0 Å². The summed E-state index contributed by atoms with van der Waals surface area (Å²) in [5.41, 5.74) is 4.50. The maximum Gasteiger partial charge on any atom is 0.170 e. The Kier molecular flexibility index (Phi) is 5.96. The first-order valence-electron chi connectivity index (χ1n) is 3.84. The first-order chi connectivity index (χ1) is 4.63. The first kappa shape index (κ1) is 10.1. The van der Waals surface area contributed by atoms with Crippen molar-refractivity contribution in [3.05, 3.63) is 11.3 Å². The molecule has 10 heavy (non-hydrogen) atoms. The molecule has 0 aromatic rings. The van der Waals surface area contributed by atoms with Crippen LogP contribution in [-0.2, 0) is 4.12 Å². The Balaban J connectivity index is 3.13. The molecule has 0 aliphatic rings. The Bertz CT molecular complexity index is 106. The largest absolute Gasteiger partial charge is 0.462 e. The maximum absolute atomic E-state index is 5.61. The average Bonchev–Trinajstić information content (AvgIpc) is 1.79. The molecular formula is C7H18OSi2. The van der Waals surface area contributed by atoms with Crippen LogP contribution in [0.15, 0.2) is 11.3 Å². The molecule has 0 radical (unpaired) electrons. The molecule has 0 aliphatic heterocycles. The van der Waals surface area contributed by atoms with Crippen molar-refractivity contribution in [1.82, 2.24) is 0 Å². The average molecular weight is 174 g/mol. The third kappa shape index (κ3) is 8.13. The van der Waals surface area contributed by atoms with Crippen molar-refractivity contribution in [1.29, 1.82) is 0 Å². The quantitative estimate of drug-likeness (QED) is 0.455. The smallest absolute Gasteiger partial charge is 0.170 e. The fourth-order valence-electron chi connectivity index (χ4n) is 0.529. The molecule has 0 rings (SSSR count). The molecule has 0 unspecified atom stereocenters. The van der Waals surface area contributed by atoms with Crippen LogP contribution >= 0.6 is 0 Å². The molecule has 3 heteroatoms. The summed E-state index contributed by atoms with van der Waals surface area (Å²) in [6.45, 7) is 8.74. The summed E-state index contributed by atoms with van der Waals surface area (Å²) < 4.78 is 5.61. The maximum atomic E-state index is 5.61. The van der Waals surface area contributed by atoms with Crippen molar-refractivity contribution < 1.29 is 4.12 Å². The highest BCUT2D eigenvalue weighted by Gasteiger charge is 1.92. The second kappa shape index (κ2) is 5.88. The molecule has 0 N–H and O–H groups in total. The zero-order valence-electron chi connectivity index (χ0n) is 7.48. The number of hydrogen-bond acceptors (Lipinski definition) is 1. The van der Waals surface area contributed by atoms with Crippen LogP contribution in [0.2, 0.25) is 5.54 Å². The van der Waals surface area contributed by atoms with Crippen LogP contribution in [0.3, 0.4) is 0 Å². The fourth-order valence-corrected chi connectivity index (χ4v) is 3.76. The molecule has 0 saturated heterocycles. The second-order valence-corrected chi connectivity index (χ2v) is 7.55. The van der Waals surface area contributed by atoms with Crippen molar-refractivity contribution in [2.24, 2.45) is 0 Å². The predicted molar refractivity (Wildman–Crippen MR) is 52.7 cm³/mol. The van der Waals surface area contributed by atoms with E-state index < -0.39 is 0 Å². The van der Waals surface area contributed by atoms with Gasteiger partial charge in [0.15, 0.2) is 9.76 Å². The van der Waals surface area contributed by atoms with Gasteiger partial charge in [-0.1, -0.05) is 25.1 Å². The van der Waals surface area contributed by atoms with Crippen molar-refractivity contribution in [3.8, 4) is 0 Å². The van der Waals surface area contributed by atoms with Gasteiger partial charge in [0.2, 0.25) is 0 Å². The zero-order chi connectivity index (χ0) is 7.98. The lowest BCUT2D eigenvalue weighted by Gasteiger charge is -2.02. The molecule has 0 spiro atoms. The molecule has 0 atom stereocenters. The normalized spacial score (nSPS) is 12.5. The summed E-state index contributed by atoms with van der Waals surface area (Å²) in [5.74, 6) is 0. The number of allylic oxidation sites excluding steroid dienone is 1. The van der Waals surface area contributed by atoms with E-state index in [9.17, 15) is 0 Å². The summed E-state index contributed by atoms with van der Waals surface area (Å²) >= 11 is 0. The SMILES string of the molecule is CC(C)=C[SiH2]O[SiH2]C(C)C. The molecular weight excluding hydrogens is 156 g/mol. The molecule has 1 nitrogen and oxygen atoms in total. The van der Waals surface area contributed by atoms with E-state index in [-0.39, 0.29) is 19.5 Å². The lowest BCUT2D eigenvalue weighted by molar-refractivity contribution is 0.631. The zero-order valence-corrected chi connectivity index (χ0v) is 10.3. The summed E-state index contributed by atoms with van der Waals surface area (Å²) in [6.07, 6.45) is 0. The second-order valence-electron chi connectivity index (χ2n) is 3.21. The Labute approximate surface area is 68.7 Å². The molecule has 0 amide bonds. The van der Waals surface area contributed by atoms with Crippen molar-refractivity contribution in [2.75, 3.05) is 0 Å². The van der Waals surface area contributed by atoms with Gasteiger partial charge in [0.05, 0.1) is 0 Å². The van der Waals surface area contributed by atoms with Gasteiger partial charge < -0.3 is 4.12 Å². The fraction of sp³-hybridized carbons (Fsp3) is 0.714. The van der Waals surface area contributed by atoms with E-state index in [1.165, 1.54) is 5.57 Å². The van der Waals surface area contributed by atoms with E-state index >= 15 is 0 Å². The highest BCUT2D eigenvalue weighted by molar-refractivity contribution is 6.47. The molecule has 0 bridgehead atoms. The van der Waals surface area contributed by atoms with Crippen molar-refractivity contribution in [3.63, 3.8) is 0 Å². The minimum absolute atomic E-state index is 0.180. The van der Waals surface area contributed by atoms with Crippen molar-refractivity contribution >= 4 is 19.5 Å². The van der Waals surface area contributed by atoms with Crippen LogP contribution in [0.5, 0.6) is 0 Å². The summed E-state index contributed by atoms with van der Waals surface area (Å²) in [5, 5.41) is 0. The van der Waals surface area contributed by atoms with Gasteiger partial charge in [0.25, 0.3) is 0 Å². The predicted octanol–water partition coefficient (Wildman–Crippen LogP) is 0.923. The van der Waals surface area contributed by atoms with Gasteiger partial charge in [-0.3, -0.25) is 0 Å². The Hall–Kier alpha value is 0.134. The van der Waals surface area contributed by atoms with Gasteiger partial charge in [-0.05, 0) is 19.4 Å². The molecule has 0 heterocycles. The third-order valence-corrected chi connectivity index (χ3v) is 4.60. The summed E-state index contributed by atoms with van der Waals surface area (Å²) in [6, 6.07) is 0. The third-order valence-electron chi connectivity index (χ3n) is 1.06. The van der Waals surface area contributed by atoms with Crippen LogP contribution in [0.25, 0.3) is 0 Å². The summed E-state index contributed by atoms with van der Waals surface area (Å²) in [4.78, 5) is 0. The number of rotatable bonds is 4. The van der Waals surface area contributed by atoms with Crippen LogP contribution in [0, 0.1) is 0 Å². The highest BCUT2D eigenvalue weighted by atomic mass is 28.3. The molecule has 0 aromatic heterocycles. The van der Waals surface area contributed by atoms with Gasteiger partial charge in [-0.15, -0.1) is 0 Å². The van der Waals surface area contributed by atoms with E-state index in [2.05, 4.69) is 33.4 Å². The van der Waals surface area contributed by atoms with E-state index in [0.29, 0.717) is 0 Å². The Morgan fingerprint density at radius 3 is 2.40 bits per heavy atom. The lowest BCUT2D eigenvalue weighted by atomic mass is 10.4. The Morgan fingerprint density at radius 1 is 1.40 bits per heavy atom. The minimum atomic E-state index is -0.279. The van der Waals surface area contributed by atoms with Gasteiger partial charge in [-0.25, -0.2) is 0 Å². The molecule has 60 valence electrons. The Morgan fingerprint density at radius 2 is 2.00 bits per heavy atom. The van der Waals surface area contributed by atoms with Crippen LogP contribution in [0.4, 0.5) is 0 Å². The van der Waals surface area contributed by atoms with Gasteiger partial charge in [0.1, 0.15) is 9.76 Å². The number of hydrogen-bond donors (Lipinski definition) is 0. The first-order valence-corrected chi connectivity index (χ1v) is 6.62. The molecule has 0 fully saturated rings. The minimum Gasteiger partial charge on any atom is -0.462 e. The van der Waals surface area contributed by atoms with E-state index in [1.807, 2.05) is 0 Å². The molecule has 0 saturated carbocycles. The van der Waals surface area contributed by atoms with E-state index in [4.69, 9.17) is 4.12 Å². The summed E-state index contributed by atoms with van der Waals surface area (Å²) in [7, 11) is -0.459. The topological polar surface area (TPSA) is 9.23 Å². The van der Waals surface area contributed by atoms with Gasteiger partial charge >= 0.3 is 0 Å². The highest BCUT2D eigenvalue weighted by Crippen LogP contribution is 1.96. The standard InChI is InChI=1S/C7H18OSi2/c1-6(2)5-9-8-10-7(3)4/h5,7H,9-10H2,1-4H3. The lowest BCUT2D eigenvalue weighted by Crippen LogP contribution is -2.05. The van der Waals surface area contributed by atoms with Crippen LogP contribution in [0.1, 0.15) is 27.7 Å². The van der Waals surface area contributed by atoms with E-state index in [0.717, 1.165) is 5.54 Å². The molecule has 0 aliphatic carbocycles. The van der Waals surface area contributed by atoms with Crippen LogP contribution in [-0.4, -0.2) is 19.5 Å².